The van der Waals surface area contributed by atoms with Gasteiger partial charge in [0.2, 0.25) is 5.91 Å². The van der Waals surface area contributed by atoms with Gasteiger partial charge in [0.25, 0.3) is 0 Å². The molecule has 0 saturated carbocycles. The molecule has 0 saturated heterocycles. The van der Waals surface area contributed by atoms with E-state index < -0.39 is 5.97 Å². The predicted molar refractivity (Wildman–Crippen MR) is 81.7 cm³/mol. The van der Waals surface area contributed by atoms with Gasteiger partial charge in [-0.2, -0.15) is 0 Å². The van der Waals surface area contributed by atoms with Crippen LogP contribution in [0, 0.1) is 11.8 Å². The van der Waals surface area contributed by atoms with E-state index in [4.69, 9.17) is 10.8 Å². The zero-order valence-corrected chi connectivity index (χ0v) is 13.1. The van der Waals surface area contributed by atoms with E-state index in [1.165, 1.54) is 6.07 Å². The number of rotatable bonds is 6. The summed E-state index contributed by atoms with van der Waals surface area (Å²) < 4.78 is 0.644. The third-order valence-electron chi connectivity index (χ3n) is 2.88. The molecule has 110 valence electrons. The number of hydrogen-bond donors (Lipinski definition) is 3. The number of benzene rings is 1. The van der Waals surface area contributed by atoms with Gasteiger partial charge < -0.3 is 16.2 Å². The summed E-state index contributed by atoms with van der Waals surface area (Å²) in [7, 11) is 0. The Balaban J connectivity index is 2.92. The van der Waals surface area contributed by atoms with Crippen LogP contribution < -0.4 is 11.1 Å². The molecule has 0 radical (unpaired) electrons. The highest BCUT2D eigenvalue weighted by Crippen LogP contribution is 2.22. The molecule has 0 bridgehead atoms. The minimum absolute atomic E-state index is 0.0491. The summed E-state index contributed by atoms with van der Waals surface area (Å²) in [5.74, 6) is -1.31. The first-order valence-corrected chi connectivity index (χ1v) is 7.18. The molecule has 20 heavy (non-hydrogen) atoms. The summed E-state index contributed by atoms with van der Waals surface area (Å²) in [6.45, 7) is 4.26. The number of hydrogen-bond acceptors (Lipinski definition) is 3. The molecule has 1 aromatic carbocycles. The van der Waals surface area contributed by atoms with Gasteiger partial charge in [-0.15, -0.1) is 0 Å². The molecule has 0 aliphatic carbocycles. The molecule has 0 heterocycles. The number of halogens is 1. The lowest BCUT2D eigenvalue weighted by molar-refractivity contribution is -0.120. The third-order valence-corrected chi connectivity index (χ3v) is 3.37. The van der Waals surface area contributed by atoms with Crippen LogP contribution in [0.5, 0.6) is 0 Å². The molecule has 0 spiro atoms. The van der Waals surface area contributed by atoms with Crippen molar-refractivity contribution in [2.24, 2.45) is 17.6 Å². The van der Waals surface area contributed by atoms with E-state index in [9.17, 15) is 9.59 Å². The Kier molecular flexibility index (Phi) is 6.16. The normalized spacial score (nSPS) is 12.2. The number of carboxylic acids is 1. The van der Waals surface area contributed by atoms with Crippen molar-refractivity contribution in [2.75, 3.05) is 11.9 Å². The monoisotopic (exact) mass is 342 g/mol. The fourth-order valence-electron chi connectivity index (χ4n) is 1.92. The largest absolute Gasteiger partial charge is 0.478 e. The highest BCUT2D eigenvalue weighted by Gasteiger charge is 2.20. The van der Waals surface area contributed by atoms with Crippen molar-refractivity contribution in [3.05, 3.63) is 28.2 Å². The molecule has 1 atom stereocenters. The number of aromatic carboxylic acids is 1. The molecule has 1 amide bonds. The van der Waals surface area contributed by atoms with Gasteiger partial charge in [0.15, 0.2) is 0 Å². The summed E-state index contributed by atoms with van der Waals surface area (Å²) in [5.41, 5.74) is 5.95. The summed E-state index contributed by atoms with van der Waals surface area (Å²) in [6.07, 6.45) is 0.668. The Morgan fingerprint density at radius 2 is 2.05 bits per heavy atom. The number of nitrogens with one attached hydrogen (secondary N) is 1. The number of carbonyl (C=O) groups is 2. The van der Waals surface area contributed by atoms with Crippen LogP contribution >= 0.6 is 15.9 Å². The smallest absolute Gasteiger partial charge is 0.337 e. The molecule has 1 rings (SSSR count). The van der Waals surface area contributed by atoms with Crippen molar-refractivity contribution in [3.63, 3.8) is 0 Å². The van der Waals surface area contributed by atoms with Gasteiger partial charge in [0.1, 0.15) is 0 Å². The molecule has 1 unspecified atom stereocenters. The lowest BCUT2D eigenvalue weighted by Gasteiger charge is -2.17. The van der Waals surface area contributed by atoms with Gasteiger partial charge in [-0.05, 0) is 30.5 Å². The second kappa shape index (κ2) is 7.40. The molecule has 5 nitrogen and oxygen atoms in total. The van der Waals surface area contributed by atoms with E-state index in [0.29, 0.717) is 16.8 Å². The Morgan fingerprint density at radius 1 is 1.40 bits per heavy atom. The standard InChI is InChI=1S/C14H19BrN2O3/c1-8(2)5-9(7-16)13(18)17-12-4-3-10(15)6-11(12)14(19)20/h3-4,6,8-9H,5,7,16H2,1-2H3,(H,17,18)(H,19,20). The van der Waals surface area contributed by atoms with Crippen LogP contribution in [0.2, 0.25) is 0 Å². The topological polar surface area (TPSA) is 92.4 Å². The molecule has 0 aromatic heterocycles. The van der Waals surface area contributed by atoms with E-state index >= 15 is 0 Å². The maximum atomic E-state index is 12.1. The SMILES string of the molecule is CC(C)CC(CN)C(=O)Nc1ccc(Br)cc1C(=O)O. The minimum Gasteiger partial charge on any atom is -0.478 e. The van der Waals surface area contributed by atoms with Crippen LogP contribution in [0.4, 0.5) is 5.69 Å². The third kappa shape index (κ3) is 4.61. The Labute approximate surface area is 126 Å². The van der Waals surface area contributed by atoms with E-state index in [1.807, 2.05) is 13.8 Å². The highest BCUT2D eigenvalue weighted by atomic mass is 79.9. The van der Waals surface area contributed by atoms with Crippen molar-refractivity contribution in [3.8, 4) is 0 Å². The lowest BCUT2D eigenvalue weighted by atomic mass is 9.96. The van der Waals surface area contributed by atoms with Gasteiger partial charge in [-0.3, -0.25) is 4.79 Å². The fourth-order valence-corrected chi connectivity index (χ4v) is 2.28. The van der Waals surface area contributed by atoms with Crippen molar-refractivity contribution in [1.82, 2.24) is 0 Å². The van der Waals surface area contributed by atoms with Gasteiger partial charge in [-0.1, -0.05) is 29.8 Å². The van der Waals surface area contributed by atoms with Crippen LogP contribution in [-0.2, 0) is 4.79 Å². The lowest BCUT2D eigenvalue weighted by Crippen LogP contribution is -2.30. The van der Waals surface area contributed by atoms with E-state index in [0.717, 1.165) is 0 Å². The second-order valence-corrected chi connectivity index (χ2v) is 5.96. The van der Waals surface area contributed by atoms with Crippen molar-refractivity contribution >= 4 is 33.5 Å². The van der Waals surface area contributed by atoms with Crippen LogP contribution in [0.1, 0.15) is 30.6 Å². The summed E-state index contributed by atoms with van der Waals surface area (Å²) in [5, 5.41) is 11.8. The first-order chi connectivity index (χ1) is 9.35. The number of carboxylic acid groups (broad SMARTS) is 1. The number of anilines is 1. The second-order valence-electron chi connectivity index (χ2n) is 5.05. The predicted octanol–water partition coefficient (Wildman–Crippen LogP) is 2.71. The van der Waals surface area contributed by atoms with Crippen molar-refractivity contribution < 1.29 is 14.7 Å². The van der Waals surface area contributed by atoms with E-state index in [-0.39, 0.29) is 29.6 Å². The quantitative estimate of drug-likeness (QED) is 0.740. The fraction of sp³-hybridized carbons (Fsp3) is 0.429. The molecular weight excluding hydrogens is 324 g/mol. The molecule has 4 N–H and O–H groups in total. The first kappa shape index (κ1) is 16.7. The maximum Gasteiger partial charge on any atom is 0.337 e. The molecule has 0 aliphatic rings. The maximum absolute atomic E-state index is 12.1. The molecule has 1 aromatic rings. The van der Waals surface area contributed by atoms with Gasteiger partial charge in [0.05, 0.1) is 17.2 Å². The van der Waals surface area contributed by atoms with Crippen LogP contribution in [0.25, 0.3) is 0 Å². The Hall–Kier alpha value is -1.40. The van der Waals surface area contributed by atoms with Gasteiger partial charge in [0, 0.05) is 11.0 Å². The first-order valence-electron chi connectivity index (χ1n) is 6.39. The van der Waals surface area contributed by atoms with Crippen molar-refractivity contribution in [2.45, 2.75) is 20.3 Å². The minimum atomic E-state index is -1.09. The van der Waals surface area contributed by atoms with Crippen LogP contribution in [0.3, 0.4) is 0 Å². The summed E-state index contributed by atoms with van der Waals surface area (Å²) >= 11 is 3.21. The van der Waals surface area contributed by atoms with Gasteiger partial charge in [-0.25, -0.2) is 4.79 Å². The molecular formula is C14H19BrN2O3. The van der Waals surface area contributed by atoms with Crippen molar-refractivity contribution in [1.29, 1.82) is 0 Å². The molecule has 6 heteroatoms. The van der Waals surface area contributed by atoms with E-state index in [2.05, 4.69) is 21.2 Å². The zero-order chi connectivity index (χ0) is 15.3. The zero-order valence-electron chi connectivity index (χ0n) is 11.5. The van der Waals surface area contributed by atoms with Gasteiger partial charge >= 0.3 is 5.97 Å². The van der Waals surface area contributed by atoms with Crippen LogP contribution in [-0.4, -0.2) is 23.5 Å². The molecule has 0 fully saturated rings. The van der Waals surface area contributed by atoms with E-state index in [1.54, 1.807) is 12.1 Å². The van der Waals surface area contributed by atoms with Crippen LogP contribution in [0.15, 0.2) is 22.7 Å². The summed E-state index contributed by atoms with van der Waals surface area (Å²) in [6, 6.07) is 4.70. The number of carbonyl (C=O) groups excluding carboxylic acids is 1. The number of amides is 1. The Morgan fingerprint density at radius 3 is 2.55 bits per heavy atom. The Bertz CT molecular complexity index is 503. The number of nitrogens with two attached hydrogens (primary N) is 1. The average Bonchev–Trinajstić information content (AvgIpc) is 2.37. The highest BCUT2D eigenvalue weighted by molar-refractivity contribution is 9.10. The molecule has 0 aliphatic heterocycles. The summed E-state index contributed by atoms with van der Waals surface area (Å²) in [4.78, 5) is 23.3. The average molecular weight is 343 g/mol.